The van der Waals surface area contributed by atoms with Gasteiger partial charge in [0, 0.05) is 27.5 Å². The molecule has 21 heavy (non-hydrogen) atoms. The van der Waals surface area contributed by atoms with Gasteiger partial charge in [-0.15, -0.1) is 0 Å². The van der Waals surface area contributed by atoms with Gasteiger partial charge in [0.25, 0.3) is 0 Å². The maximum atomic E-state index is 14.1. The summed E-state index contributed by atoms with van der Waals surface area (Å²) < 4.78 is 14.9. The Balaban J connectivity index is 2.48. The van der Waals surface area contributed by atoms with Crippen LogP contribution in [0.15, 0.2) is 40.9 Å². The van der Waals surface area contributed by atoms with Gasteiger partial charge in [-0.1, -0.05) is 39.7 Å². The van der Waals surface area contributed by atoms with Gasteiger partial charge in [0.1, 0.15) is 5.82 Å². The Morgan fingerprint density at radius 2 is 2.05 bits per heavy atom. The monoisotopic (exact) mass is 371 g/mol. The molecular weight excluding hydrogens is 357 g/mol. The minimum atomic E-state index is -0.929. The van der Waals surface area contributed by atoms with Gasteiger partial charge in [0.15, 0.2) is 0 Å². The summed E-state index contributed by atoms with van der Waals surface area (Å²) >= 11 is 9.47. The molecule has 3 N–H and O–H groups in total. The number of aliphatic hydroxyl groups excluding tert-OH is 1. The summed E-state index contributed by atoms with van der Waals surface area (Å²) in [6.45, 7) is 1.98. The lowest BCUT2D eigenvalue weighted by Crippen LogP contribution is -2.22. The third kappa shape index (κ3) is 3.46. The average Bonchev–Trinajstić information content (AvgIpc) is 2.45. The molecule has 0 fully saturated rings. The Labute approximate surface area is 136 Å². The number of nitrogens with two attached hydrogens (primary N) is 1. The zero-order chi connectivity index (χ0) is 15.6. The summed E-state index contributed by atoms with van der Waals surface area (Å²) in [5.74, 6) is -1.06. The summed E-state index contributed by atoms with van der Waals surface area (Å²) in [7, 11) is 0. The largest absolute Gasteiger partial charge is 0.388 e. The number of hydrogen-bond donors (Lipinski definition) is 2. The number of aryl methyl sites for hydroxylation is 1. The second-order valence-corrected chi connectivity index (χ2v) is 6.25. The lowest BCUT2D eigenvalue weighted by atomic mass is 9.87. The molecule has 2 aromatic rings. The number of halogens is 3. The van der Waals surface area contributed by atoms with Gasteiger partial charge < -0.3 is 10.8 Å². The molecule has 0 spiro atoms. The van der Waals surface area contributed by atoms with E-state index in [0.717, 1.165) is 10.0 Å². The second kappa shape index (κ2) is 6.88. The SMILES string of the molecule is Cc1ccc(Br)cc1C(O)C(CN)c1c(F)cccc1Cl. The molecule has 0 heterocycles. The standard InChI is InChI=1S/C16H16BrClFNO/c1-9-5-6-10(17)7-11(9)16(21)12(8-20)15-13(18)3-2-4-14(15)19/h2-7,12,16,21H,8,20H2,1H3. The molecule has 0 amide bonds. The van der Waals surface area contributed by atoms with Crippen molar-refractivity contribution in [2.75, 3.05) is 6.54 Å². The molecule has 0 aliphatic carbocycles. The molecule has 0 radical (unpaired) electrons. The smallest absolute Gasteiger partial charge is 0.128 e. The van der Waals surface area contributed by atoms with Gasteiger partial charge in [-0.3, -0.25) is 0 Å². The van der Waals surface area contributed by atoms with Crippen molar-refractivity contribution < 1.29 is 9.50 Å². The van der Waals surface area contributed by atoms with Crippen LogP contribution in [0.25, 0.3) is 0 Å². The minimum Gasteiger partial charge on any atom is -0.388 e. The minimum absolute atomic E-state index is 0.0910. The van der Waals surface area contributed by atoms with Crippen molar-refractivity contribution >= 4 is 27.5 Å². The first-order valence-electron chi connectivity index (χ1n) is 6.53. The number of rotatable bonds is 4. The predicted octanol–water partition coefficient (Wildman–Crippen LogP) is 4.33. The summed E-state index contributed by atoms with van der Waals surface area (Å²) in [5.41, 5.74) is 7.65. The zero-order valence-electron chi connectivity index (χ0n) is 11.5. The molecule has 2 atom stereocenters. The average molecular weight is 373 g/mol. The van der Waals surface area contributed by atoms with Crippen molar-refractivity contribution in [1.82, 2.24) is 0 Å². The summed E-state index contributed by atoms with van der Waals surface area (Å²) in [6.07, 6.45) is -0.929. The van der Waals surface area contributed by atoms with E-state index in [-0.39, 0.29) is 17.1 Å². The Bertz CT molecular complexity index is 630. The molecule has 2 nitrogen and oxygen atoms in total. The predicted molar refractivity (Wildman–Crippen MR) is 87.0 cm³/mol. The van der Waals surface area contributed by atoms with Gasteiger partial charge in [-0.05, 0) is 42.3 Å². The Morgan fingerprint density at radius 1 is 1.33 bits per heavy atom. The van der Waals surface area contributed by atoms with Crippen molar-refractivity contribution in [3.8, 4) is 0 Å². The molecule has 0 saturated carbocycles. The van der Waals surface area contributed by atoms with Crippen molar-refractivity contribution in [1.29, 1.82) is 0 Å². The van der Waals surface area contributed by atoms with E-state index in [9.17, 15) is 9.50 Å². The first-order valence-corrected chi connectivity index (χ1v) is 7.71. The van der Waals surface area contributed by atoms with E-state index >= 15 is 0 Å². The fraction of sp³-hybridized carbons (Fsp3) is 0.250. The molecule has 2 unspecified atom stereocenters. The maximum Gasteiger partial charge on any atom is 0.128 e. The first kappa shape index (κ1) is 16.4. The van der Waals surface area contributed by atoms with Crippen LogP contribution in [0, 0.1) is 12.7 Å². The van der Waals surface area contributed by atoms with Crippen LogP contribution < -0.4 is 5.73 Å². The molecule has 0 aromatic heterocycles. The van der Waals surface area contributed by atoms with E-state index in [1.807, 2.05) is 25.1 Å². The van der Waals surface area contributed by atoms with Crippen LogP contribution in [0.4, 0.5) is 4.39 Å². The quantitative estimate of drug-likeness (QED) is 0.839. The highest BCUT2D eigenvalue weighted by atomic mass is 79.9. The van der Waals surface area contributed by atoms with Crippen LogP contribution in [0.5, 0.6) is 0 Å². The topological polar surface area (TPSA) is 46.2 Å². The van der Waals surface area contributed by atoms with E-state index in [2.05, 4.69) is 15.9 Å². The highest BCUT2D eigenvalue weighted by Gasteiger charge is 2.27. The van der Waals surface area contributed by atoms with E-state index in [0.29, 0.717) is 5.56 Å². The number of aliphatic hydroxyl groups is 1. The van der Waals surface area contributed by atoms with Crippen LogP contribution in [0.2, 0.25) is 5.02 Å². The molecule has 112 valence electrons. The summed E-state index contributed by atoms with van der Waals surface area (Å²) in [4.78, 5) is 0. The Morgan fingerprint density at radius 3 is 2.67 bits per heavy atom. The molecule has 0 aliphatic heterocycles. The summed E-state index contributed by atoms with van der Waals surface area (Å²) in [6, 6.07) is 10.1. The summed E-state index contributed by atoms with van der Waals surface area (Å²) in [5, 5.41) is 10.9. The third-order valence-corrected chi connectivity index (χ3v) is 4.39. The normalized spacial score (nSPS) is 14.0. The van der Waals surface area contributed by atoms with Crippen molar-refractivity contribution in [2.24, 2.45) is 5.73 Å². The van der Waals surface area contributed by atoms with Crippen molar-refractivity contribution in [3.63, 3.8) is 0 Å². The van der Waals surface area contributed by atoms with Crippen LogP contribution in [-0.4, -0.2) is 11.7 Å². The molecule has 2 rings (SSSR count). The Hall–Kier alpha value is -0.940. The van der Waals surface area contributed by atoms with E-state index < -0.39 is 17.8 Å². The lowest BCUT2D eigenvalue weighted by molar-refractivity contribution is 0.145. The van der Waals surface area contributed by atoms with Crippen molar-refractivity contribution in [3.05, 3.63) is 68.4 Å². The van der Waals surface area contributed by atoms with Gasteiger partial charge >= 0.3 is 0 Å². The molecule has 5 heteroatoms. The van der Waals surface area contributed by atoms with Crippen LogP contribution in [0.1, 0.15) is 28.7 Å². The number of hydrogen-bond acceptors (Lipinski definition) is 2. The van der Waals surface area contributed by atoms with E-state index in [4.69, 9.17) is 17.3 Å². The molecular formula is C16H16BrClFNO. The van der Waals surface area contributed by atoms with Crippen molar-refractivity contribution in [2.45, 2.75) is 18.9 Å². The second-order valence-electron chi connectivity index (χ2n) is 4.92. The highest BCUT2D eigenvalue weighted by Crippen LogP contribution is 2.37. The number of benzene rings is 2. The van der Waals surface area contributed by atoms with Gasteiger partial charge in [0.05, 0.1) is 6.10 Å². The van der Waals surface area contributed by atoms with E-state index in [1.54, 1.807) is 6.07 Å². The fourth-order valence-corrected chi connectivity index (χ4v) is 3.10. The maximum absolute atomic E-state index is 14.1. The lowest BCUT2D eigenvalue weighted by Gasteiger charge is -2.25. The molecule has 0 bridgehead atoms. The zero-order valence-corrected chi connectivity index (χ0v) is 13.8. The van der Waals surface area contributed by atoms with Crippen LogP contribution >= 0.6 is 27.5 Å². The first-order chi connectivity index (χ1) is 9.95. The molecule has 0 saturated heterocycles. The Kier molecular flexibility index (Phi) is 5.38. The molecule has 2 aromatic carbocycles. The highest BCUT2D eigenvalue weighted by molar-refractivity contribution is 9.10. The van der Waals surface area contributed by atoms with Gasteiger partial charge in [-0.25, -0.2) is 4.39 Å². The van der Waals surface area contributed by atoms with Crippen LogP contribution in [-0.2, 0) is 0 Å². The molecule has 0 aliphatic rings. The van der Waals surface area contributed by atoms with E-state index in [1.165, 1.54) is 12.1 Å². The van der Waals surface area contributed by atoms with Crippen LogP contribution in [0.3, 0.4) is 0 Å². The third-order valence-electron chi connectivity index (χ3n) is 3.57. The fourth-order valence-electron chi connectivity index (χ4n) is 2.42. The van der Waals surface area contributed by atoms with Gasteiger partial charge in [-0.2, -0.15) is 0 Å². The van der Waals surface area contributed by atoms with Gasteiger partial charge in [0.2, 0.25) is 0 Å².